The summed E-state index contributed by atoms with van der Waals surface area (Å²) < 4.78 is 6.08. The fourth-order valence-corrected chi connectivity index (χ4v) is 3.61. The van der Waals surface area contributed by atoms with Crippen molar-refractivity contribution in [3.8, 4) is 0 Å². The van der Waals surface area contributed by atoms with E-state index in [-0.39, 0.29) is 8.80 Å². The highest BCUT2D eigenvalue weighted by Gasteiger charge is 2.25. The van der Waals surface area contributed by atoms with Crippen LogP contribution >= 0.6 is 0 Å². The lowest BCUT2D eigenvalue weighted by Crippen LogP contribution is -2.16. The minimum absolute atomic E-state index is 0.0943. The molecular weight excluding hydrogens is 200 g/mol. The second-order valence-corrected chi connectivity index (χ2v) is 8.04. The van der Waals surface area contributed by atoms with Crippen LogP contribution in [0.5, 0.6) is 0 Å². The van der Waals surface area contributed by atoms with Crippen molar-refractivity contribution in [1.29, 1.82) is 0 Å². The molecule has 0 saturated carbocycles. The molecule has 0 aromatic rings. The van der Waals surface area contributed by atoms with E-state index >= 15 is 0 Å². The molecule has 1 saturated heterocycles. The predicted molar refractivity (Wildman–Crippen MR) is 68.9 cm³/mol. The highest BCUT2D eigenvalue weighted by molar-refractivity contribution is 6.55. The molecule has 89 valence electrons. The minimum Gasteiger partial charge on any atom is -0.375 e. The molecule has 1 heterocycles. The van der Waals surface area contributed by atoms with Gasteiger partial charge in [0.05, 0.1) is 12.2 Å². The smallest absolute Gasteiger partial charge is 0.0579 e. The van der Waals surface area contributed by atoms with Gasteiger partial charge in [-0.05, 0) is 25.3 Å². The fourth-order valence-electron chi connectivity index (χ4n) is 2.40. The molecule has 1 aliphatic rings. The average Bonchev–Trinajstić information content (AvgIpc) is 2.59. The zero-order chi connectivity index (χ0) is 11.1. The molecular formula is C13H27OSi. The van der Waals surface area contributed by atoms with Crippen LogP contribution in [0.25, 0.3) is 0 Å². The molecule has 1 rings (SSSR count). The normalized spacial score (nSPS) is 26.4. The number of unbranched alkanes of at least 4 members (excludes halogenated alkanes) is 3. The van der Waals surface area contributed by atoms with Crippen molar-refractivity contribution in [2.45, 2.75) is 83.2 Å². The van der Waals surface area contributed by atoms with Crippen molar-refractivity contribution in [3.05, 3.63) is 0 Å². The highest BCUT2D eigenvalue weighted by Crippen LogP contribution is 2.26. The van der Waals surface area contributed by atoms with Gasteiger partial charge in [-0.25, -0.2) is 0 Å². The molecule has 2 unspecified atom stereocenters. The number of ether oxygens (including phenoxy) is 1. The molecule has 0 aliphatic carbocycles. The number of rotatable bonds is 7. The van der Waals surface area contributed by atoms with E-state index in [2.05, 4.69) is 20.0 Å². The second kappa shape index (κ2) is 7.45. The average molecular weight is 227 g/mol. The van der Waals surface area contributed by atoms with Gasteiger partial charge in [-0.15, -0.1) is 0 Å². The zero-order valence-electron chi connectivity index (χ0n) is 10.7. The zero-order valence-corrected chi connectivity index (χ0v) is 11.7. The number of hydrogen-bond donors (Lipinski definition) is 0. The van der Waals surface area contributed by atoms with Gasteiger partial charge in [-0.2, -0.15) is 0 Å². The Morgan fingerprint density at radius 1 is 1.07 bits per heavy atom. The van der Waals surface area contributed by atoms with Crippen molar-refractivity contribution in [3.63, 3.8) is 0 Å². The first-order valence-corrected chi connectivity index (χ1v) is 9.37. The van der Waals surface area contributed by atoms with E-state index in [0.29, 0.717) is 12.2 Å². The molecule has 15 heavy (non-hydrogen) atoms. The van der Waals surface area contributed by atoms with E-state index in [0.717, 1.165) is 0 Å². The third-order valence-corrected chi connectivity index (χ3v) is 4.48. The molecule has 0 bridgehead atoms. The minimum atomic E-state index is -0.0943. The first-order valence-electron chi connectivity index (χ1n) is 6.67. The molecule has 0 amide bonds. The van der Waals surface area contributed by atoms with Crippen LogP contribution in [0.2, 0.25) is 19.1 Å². The molecule has 1 aliphatic heterocycles. The fraction of sp³-hybridized carbons (Fsp3) is 1.00. The third kappa shape index (κ3) is 5.72. The number of hydrogen-bond acceptors (Lipinski definition) is 1. The van der Waals surface area contributed by atoms with E-state index in [1.54, 1.807) is 0 Å². The summed E-state index contributed by atoms with van der Waals surface area (Å²) in [6.45, 7) is 7.05. The highest BCUT2D eigenvalue weighted by atomic mass is 28.3. The maximum Gasteiger partial charge on any atom is 0.0579 e. The Balaban J connectivity index is 2.03. The summed E-state index contributed by atoms with van der Waals surface area (Å²) >= 11 is 0. The Labute approximate surface area is 97.2 Å². The molecule has 1 nitrogen and oxygen atoms in total. The molecule has 0 aromatic carbocycles. The van der Waals surface area contributed by atoms with Crippen LogP contribution in [-0.2, 0) is 4.74 Å². The summed E-state index contributed by atoms with van der Waals surface area (Å²) in [6.07, 6.45) is 10.7. The monoisotopic (exact) mass is 227 g/mol. The van der Waals surface area contributed by atoms with Gasteiger partial charge in [0.25, 0.3) is 0 Å². The summed E-state index contributed by atoms with van der Waals surface area (Å²) in [5.41, 5.74) is 0. The SMILES string of the molecule is CCCCCCC1CCC(C[Si](C)C)O1. The van der Waals surface area contributed by atoms with Crippen LogP contribution in [0.3, 0.4) is 0 Å². The van der Waals surface area contributed by atoms with Gasteiger partial charge < -0.3 is 4.74 Å². The van der Waals surface area contributed by atoms with Gasteiger partial charge in [0.1, 0.15) is 0 Å². The summed E-state index contributed by atoms with van der Waals surface area (Å²) in [5.74, 6) is 0. The van der Waals surface area contributed by atoms with Gasteiger partial charge in [0, 0.05) is 8.80 Å². The summed E-state index contributed by atoms with van der Waals surface area (Å²) in [4.78, 5) is 0. The van der Waals surface area contributed by atoms with Crippen LogP contribution in [-0.4, -0.2) is 21.0 Å². The Hall–Kier alpha value is 0.177. The third-order valence-electron chi connectivity index (χ3n) is 3.21. The van der Waals surface area contributed by atoms with Crippen LogP contribution in [0.1, 0.15) is 51.9 Å². The molecule has 0 N–H and O–H groups in total. The van der Waals surface area contributed by atoms with E-state index in [4.69, 9.17) is 4.74 Å². The van der Waals surface area contributed by atoms with E-state index in [1.807, 2.05) is 0 Å². The Bertz CT molecular complexity index is 159. The molecule has 0 aromatic heterocycles. The second-order valence-electron chi connectivity index (χ2n) is 5.22. The molecule has 2 atom stereocenters. The Morgan fingerprint density at radius 2 is 1.80 bits per heavy atom. The first kappa shape index (κ1) is 13.2. The van der Waals surface area contributed by atoms with Crippen LogP contribution < -0.4 is 0 Å². The van der Waals surface area contributed by atoms with Crippen molar-refractivity contribution in [2.75, 3.05) is 0 Å². The summed E-state index contributed by atoms with van der Waals surface area (Å²) in [7, 11) is -0.0943. The molecule has 0 spiro atoms. The standard InChI is InChI=1S/C13H27OSi/c1-4-5-6-7-8-12-9-10-13(14-12)11-15(2)3/h12-13H,4-11H2,1-3H3. The van der Waals surface area contributed by atoms with Gasteiger partial charge in [-0.3, -0.25) is 0 Å². The maximum absolute atomic E-state index is 6.08. The molecule has 1 fully saturated rings. The van der Waals surface area contributed by atoms with Gasteiger partial charge in [0.2, 0.25) is 0 Å². The van der Waals surface area contributed by atoms with E-state index < -0.39 is 0 Å². The topological polar surface area (TPSA) is 9.23 Å². The van der Waals surface area contributed by atoms with Crippen molar-refractivity contribution >= 4 is 8.80 Å². The van der Waals surface area contributed by atoms with Crippen LogP contribution in [0, 0.1) is 0 Å². The first-order chi connectivity index (χ1) is 7.22. The van der Waals surface area contributed by atoms with E-state index in [1.165, 1.54) is 51.0 Å². The Morgan fingerprint density at radius 3 is 2.47 bits per heavy atom. The lowest BCUT2D eigenvalue weighted by molar-refractivity contribution is 0.0492. The molecule has 2 heteroatoms. The van der Waals surface area contributed by atoms with Crippen molar-refractivity contribution < 1.29 is 4.74 Å². The van der Waals surface area contributed by atoms with Crippen molar-refractivity contribution in [1.82, 2.24) is 0 Å². The largest absolute Gasteiger partial charge is 0.375 e. The Kier molecular flexibility index (Phi) is 6.58. The summed E-state index contributed by atoms with van der Waals surface area (Å²) in [5, 5.41) is 0. The van der Waals surface area contributed by atoms with Gasteiger partial charge >= 0.3 is 0 Å². The van der Waals surface area contributed by atoms with Crippen LogP contribution in [0.15, 0.2) is 0 Å². The van der Waals surface area contributed by atoms with Crippen molar-refractivity contribution in [2.24, 2.45) is 0 Å². The summed E-state index contributed by atoms with van der Waals surface area (Å²) in [6, 6.07) is 1.36. The lowest BCUT2D eigenvalue weighted by atomic mass is 10.1. The van der Waals surface area contributed by atoms with Gasteiger partial charge in [0.15, 0.2) is 0 Å². The quantitative estimate of drug-likeness (QED) is 0.466. The van der Waals surface area contributed by atoms with Crippen LogP contribution in [0.4, 0.5) is 0 Å². The van der Waals surface area contributed by atoms with Gasteiger partial charge in [-0.1, -0.05) is 45.7 Å². The molecule has 1 radical (unpaired) electrons. The van der Waals surface area contributed by atoms with E-state index in [9.17, 15) is 0 Å². The predicted octanol–water partition coefficient (Wildman–Crippen LogP) is 4.26. The lowest BCUT2D eigenvalue weighted by Gasteiger charge is -2.14. The maximum atomic E-state index is 6.08.